The summed E-state index contributed by atoms with van der Waals surface area (Å²) in [5, 5.41) is 0. The van der Waals surface area contributed by atoms with E-state index in [1.807, 2.05) is 24.3 Å². The van der Waals surface area contributed by atoms with E-state index in [1.165, 1.54) is 6.39 Å². The molecule has 0 radical (unpaired) electrons. The topological polar surface area (TPSA) is 35.3 Å². The summed E-state index contributed by atoms with van der Waals surface area (Å²) in [4.78, 5) is 4.09. The summed E-state index contributed by atoms with van der Waals surface area (Å²) in [5.41, 5.74) is 1.79. The second-order valence-corrected chi connectivity index (χ2v) is 3.42. The van der Waals surface area contributed by atoms with E-state index >= 15 is 0 Å². The predicted octanol–water partition coefficient (Wildman–Crippen LogP) is 3.11. The molecule has 0 N–H and O–H groups in total. The average Bonchev–Trinajstić information content (AvgIpc) is 2.65. The molecule has 0 aliphatic rings. The average molecular weight is 254 g/mol. The SMILES string of the molecule is COc1ccc(-c2ncoc2Br)cc1. The quantitative estimate of drug-likeness (QED) is 0.825. The molecule has 0 atom stereocenters. The summed E-state index contributed by atoms with van der Waals surface area (Å²) in [5.74, 6) is 0.827. The van der Waals surface area contributed by atoms with Crippen LogP contribution in [0.3, 0.4) is 0 Å². The van der Waals surface area contributed by atoms with Gasteiger partial charge in [-0.15, -0.1) is 0 Å². The van der Waals surface area contributed by atoms with Crippen molar-refractivity contribution in [2.24, 2.45) is 0 Å². The van der Waals surface area contributed by atoms with Crippen LogP contribution in [0.4, 0.5) is 0 Å². The molecule has 0 bridgehead atoms. The molecular formula is C10H8BrNO2. The Labute approximate surface area is 89.8 Å². The number of aromatic nitrogens is 1. The van der Waals surface area contributed by atoms with Crippen LogP contribution in [0.1, 0.15) is 0 Å². The molecule has 3 nitrogen and oxygen atoms in total. The Bertz CT molecular complexity index is 422. The molecule has 0 amide bonds. The Hall–Kier alpha value is -1.29. The molecule has 0 aliphatic carbocycles. The van der Waals surface area contributed by atoms with Gasteiger partial charge in [0.25, 0.3) is 0 Å². The lowest BCUT2D eigenvalue weighted by molar-refractivity contribution is 0.415. The zero-order valence-electron chi connectivity index (χ0n) is 7.53. The Morgan fingerprint density at radius 1 is 1.29 bits per heavy atom. The zero-order chi connectivity index (χ0) is 9.97. The van der Waals surface area contributed by atoms with Crippen LogP contribution in [0.15, 0.2) is 39.7 Å². The first-order valence-electron chi connectivity index (χ1n) is 4.04. The number of benzene rings is 1. The minimum absolute atomic E-state index is 0.641. The molecule has 1 aromatic carbocycles. The van der Waals surface area contributed by atoms with Gasteiger partial charge < -0.3 is 9.15 Å². The van der Waals surface area contributed by atoms with Gasteiger partial charge in [-0.2, -0.15) is 0 Å². The minimum atomic E-state index is 0.641. The molecule has 1 aromatic heterocycles. The van der Waals surface area contributed by atoms with Gasteiger partial charge in [0.15, 0.2) is 11.1 Å². The lowest BCUT2D eigenvalue weighted by Gasteiger charge is -2.00. The second kappa shape index (κ2) is 3.84. The van der Waals surface area contributed by atoms with Gasteiger partial charge >= 0.3 is 0 Å². The Morgan fingerprint density at radius 2 is 2.00 bits per heavy atom. The minimum Gasteiger partial charge on any atom is -0.497 e. The maximum absolute atomic E-state index is 5.06. The number of nitrogens with zero attached hydrogens (tertiary/aromatic N) is 1. The van der Waals surface area contributed by atoms with Gasteiger partial charge in [0.2, 0.25) is 0 Å². The third-order valence-electron chi connectivity index (χ3n) is 1.89. The fourth-order valence-electron chi connectivity index (χ4n) is 1.17. The maximum atomic E-state index is 5.06. The third kappa shape index (κ3) is 1.65. The van der Waals surface area contributed by atoms with Gasteiger partial charge in [-0.3, -0.25) is 0 Å². The number of methoxy groups -OCH3 is 1. The molecule has 0 saturated heterocycles. The van der Waals surface area contributed by atoms with Gasteiger partial charge in [0, 0.05) is 5.56 Å². The molecule has 72 valence electrons. The van der Waals surface area contributed by atoms with E-state index in [-0.39, 0.29) is 0 Å². The highest BCUT2D eigenvalue weighted by Crippen LogP contribution is 2.27. The Balaban J connectivity index is 2.39. The number of hydrogen-bond donors (Lipinski definition) is 0. The van der Waals surface area contributed by atoms with Gasteiger partial charge in [-0.05, 0) is 40.2 Å². The molecule has 2 rings (SSSR count). The lowest BCUT2D eigenvalue weighted by atomic mass is 10.2. The van der Waals surface area contributed by atoms with Crippen LogP contribution >= 0.6 is 15.9 Å². The number of hydrogen-bond acceptors (Lipinski definition) is 3. The standard InChI is InChI=1S/C10H8BrNO2/c1-13-8-4-2-7(3-5-8)9-10(11)14-6-12-9/h2-6H,1H3. The largest absolute Gasteiger partial charge is 0.497 e. The first-order valence-corrected chi connectivity index (χ1v) is 4.84. The normalized spacial score (nSPS) is 10.1. The van der Waals surface area contributed by atoms with E-state index in [0.29, 0.717) is 4.67 Å². The van der Waals surface area contributed by atoms with E-state index in [9.17, 15) is 0 Å². The Morgan fingerprint density at radius 3 is 2.50 bits per heavy atom. The van der Waals surface area contributed by atoms with E-state index in [2.05, 4.69) is 20.9 Å². The van der Waals surface area contributed by atoms with Gasteiger partial charge in [0.1, 0.15) is 11.4 Å². The fraction of sp³-hybridized carbons (Fsp3) is 0.100. The number of halogens is 1. The van der Waals surface area contributed by atoms with Crippen molar-refractivity contribution >= 4 is 15.9 Å². The summed E-state index contributed by atoms with van der Waals surface area (Å²) in [6.45, 7) is 0. The molecule has 4 heteroatoms. The van der Waals surface area contributed by atoms with Crippen molar-refractivity contribution in [1.29, 1.82) is 0 Å². The van der Waals surface area contributed by atoms with E-state index in [0.717, 1.165) is 17.0 Å². The summed E-state index contributed by atoms with van der Waals surface area (Å²) < 4.78 is 10.8. The molecule has 0 spiro atoms. The smallest absolute Gasteiger partial charge is 0.197 e. The number of oxazole rings is 1. The van der Waals surface area contributed by atoms with Crippen molar-refractivity contribution in [2.75, 3.05) is 7.11 Å². The molecular weight excluding hydrogens is 246 g/mol. The summed E-state index contributed by atoms with van der Waals surface area (Å²) >= 11 is 3.28. The zero-order valence-corrected chi connectivity index (χ0v) is 9.11. The molecule has 0 unspecified atom stereocenters. The lowest BCUT2D eigenvalue weighted by Crippen LogP contribution is -1.82. The third-order valence-corrected chi connectivity index (χ3v) is 2.45. The van der Waals surface area contributed by atoms with E-state index in [4.69, 9.17) is 9.15 Å². The van der Waals surface area contributed by atoms with Crippen molar-refractivity contribution in [1.82, 2.24) is 4.98 Å². The molecule has 1 heterocycles. The van der Waals surface area contributed by atoms with Crippen molar-refractivity contribution in [3.63, 3.8) is 0 Å². The summed E-state index contributed by atoms with van der Waals surface area (Å²) in [6, 6.07) is 7.63. The first kappa shape index (κ1) is 9.27. The highest BCUT2D eigenvalue weighted by Gasteiger charge is 2.06. The van der Waals surface area contributed by atoms with Crippen molar-refractivity contribution in [3.8, 4) is 17.0 Å². The van der Waals surface area contributed by atoms with Crippen LogP contribution in [0.2, 0.25) is 0 Å². The molecule has 14 heavy (non-hydrogen) atoms. The van der Waals surface area contributed by atoms with Gasteiger partial charge in [-0.25, -0.2) is 4.98 Å². The predicted molar refractivity (Wildman–Crippen MR) is 56.2 cm³/mol. The highest BCUT2D eigenvalue weighted by atomic mass is 79.9. The van der Waals surface area contributed by atoms with Crippen LogP contribution in [-0.4, -0.2) is 12.1 Å². The molecule has 2 aromatic rings. The van der Waals surface area contributed by atoms with Crippen molar-refractivity contribution < 1.29 is 9.15 Å². The molecule has 0 fully saturated rings. The van der Waals surface area contributed by atoms with Gasteiger partial charge in [-0.1, -0.05) is 0 Å². The van der Waals surface area contributed by atoms with Crippen LogP contribution in [0.5, 0.6) is 5.75 Å². The van der Waals surface area contributed by atoms with E-state index < -0.39 is 0 Å². The number of rotatable bonds is 2. The summed E-state index contributed by atoms with van der Waals surface area (Å²) in [6.07, 6.45) is 1.41. The molecule has 0 saturated carbocycles. The van der Waals surface area contributed by atoms with Crippen molar-refractivity contribution in [2.45, 2.75) is 0 Å². The highest BCUT2D eigenvalue weighted by molar-refractivity contribution is 9.10. The van der Waals surface area contributed by atoms with Crippen LogP contribution < -0.4 is 4.74 Å². The number of ether oxygens (including phenoxy) is 1. The monoisotopic (exact) mass is 253 g/mol. The fourth-order valence-corrected chi connectivity index (χ4v) is 1.58. The second-order valence-electron chi connectivity index (χ2n) is 2.70. The van der Waals surface area contributed by atoms with Crippen LogP contribution in [-0.2, 0) is 0 Å². The van der Waals surface area contributed by atoms with E-state index in [1.54, 1.807) is 7.11 Å². The van der Waals surface area contributed by atoms with Gasteiger partial charge in [0.05, 0.1) is 7.11 Å². The first-order chi connectivity index (χ1) is 6.81. The maximum Gasteiger partial charge on any atom is 0.197 e. The van der Waals surface area contributed by atoms with Crippen molar-refractivity contribution in [3.05, 3.63) is 35.3 Å². The Kier molecular flexibility index (Phi) is 2.54. The summed E-state index contributed by atoms with van der Waals surface area (Å²) in [7, 11) is 1.64. The van der Waals surface area contributed by atoms with Crippen LogP contribution in [0.25, 0.3) is 11.3 Å². The molecule has 0 aliphatic heterocycles. The van der Waals surface area contributed by atoms with Crippen LogP contribution in [0, 0.1) is 0 Å².